The smallest absolute Gasteiger partial charge is 0.159 e. The van der Waals surface area contributed by atoms with Gasteiger partial charge in [0, 0.05) is 32.8 Å². The van der Waals surface area contributed by atoms with Gasteiger partial charge in [-0.05, 0) is 102 Å². The molecule has 1 aliphatic carbocycles. The van der Waals surface area contributed by atoms with Crippen molar-refractivity contribution in [3.05, 3.63) is 211 Å². The third kappa shape index (κ3) is 5.06. The number of fused-ring (bicyclic) bond motifs is 10. The van der Waals surface area contributed by atoms with Crippen molar-refractivity contribution in [2.45, 2.75) is 19.3 Å². The molecule has 0 atom stereocenters. The molecule has 1 aliphatic rings. The van der Waals surface area contributed by atoms with Crippen LogP contribution in [0.4, 0.5) is 17.1 Å². The van der Waals surface area contributed by atoms with Gasteiger partial charge in [0.05, 0.1) is 11.4 Å². The van der Waals surface area contributed by atoms with Gasteiger partial charge in [-0.1, -0.05) is 178 Å². The minimum atomic E-state index is -0.119. The normalized spacial score (nSPS) is 13.1. The predicted molar refractivity (Wildman–Crippen MR) is 249 cm³/mol. The van der Waals surface area contributed by atoms with E-state index in [0.29, 0.717) is 0 Å². The fraction of sp³-hybridized carbons (Fsp3) is 0.0526. The zero-order valence-electron chi connectivity index (χ0n) is 32.9. The lowest BCUT2D eigenvalue weighted by Gasteiger charge is -2.27. The number of nitrogens with zero attached hydrogens (tertiary/aromatic N) is 1. The average molecular weight is 754 g/mol. The van der Waals surface area contributed by atoms with Crippen molar-refractivity contribution >= 4 is 71.3 Å². The molecule has 0 fully saturated rings. The van der Waals surface area contributed by atoms with Gasteiger partial charge in [0.25, 0.3) is 0 Å². The summed E-state index contributed by atoms with van der Waals surface area (Å²) in [5, 5.41) is 9.42. The molecule has 12 rings (SSSR count). The van der Waals surface area contributed by atoms with Crippen LogP contribution in [0.3, 0.4) is 0 Å². The number of hydrogen-bond acceptors (Lipinski definition) is 2. The lowest BCUT2D eigenvalue weighted by atomic mass is 9.81. The molecule has 0 radical (unpaired) electrons. The Morgan fingerprint density at radius 2 is 0.983 bits per heavy atom. The summed E-state index contributed by atoms with van der Waals surface area (Å²) in [6.07, 6.45) is 0. The highest BCUT2D eigenvalue weighted by atomic mass is 16.3. The number of benzene rings is 10. The molecule has 1 aromatic heterocycles. The van der Waals surface area contributed by atoms with Crippen LogP contribution in [-0.2, 0) is 5.41 Å². The zero-order chi connectivity index (χ0) is 39.2. The SMILES string of the molecule is CC1(C)c2ccccc2-c2ccc(-c3c4ccccc4cc4c3oc3c(N(c5ccc(-c6ccccc6)cc5)c5cc6ccccc6c6ccccc56)cccc34)cc21. The first-order valence-corrected chi connectivity index (χ1v) is 20.5. The van der Waals surface area contributed by atoms with Crippen LogP contribution in [0.1, 0.15) is 25.0 Å². The number of anilines is 3. The summed E-state index contributed by atoms with van der Waals surface area (Å²) in [5.74, 6) is 0. The highest BCUT2D eigenvalue weighted by Gasteiger charge is 2.35. The molecule has 2 heteroatoms. The summed E-state index contributed by atoms with van der Waals surface area (Å²) in [7, 11) is 0. The topological polar surface area (TPSA) is 16.4 Å². The summed E-state index contributed by atoms with van der Waals surface area (Å²) in [5.41, 5.74) is 14.8. The summed E-state index contributed by atoms with van der Waals surface area (Å²) in [6, 6.07) is 73.0. The van der Waals surface area contributed by atoms with Crippen LogP contribution < -0.4 is 4.90 Å². The molecule has 0 N–H and O–H groups in total. The maximum atomic E-state index is 7.39. The third-order valence-corrected chi connectivity index (χ3v) is 12.8. The molecule has 0 aliphatic heterocycles. The summed E-state index contributed by atoms with van der Waals surface area (Å²) >= 11 is 0. The van der Waals surface area contributed by atoms with E-state index in [-0.39, 0.29) is 5.41 Å². The monoisotopic (exact) mass is 753 g/mol. The Balaban J connectivity index is 1.13. The molecule has 278 valence electrons. The van der Waals surface area contributed by atoms with Gasteiger partial charge in [0.1, 0.15) is 5.58 Å². The highest BCUT2D eigenvalue weighted by Crippen LogP contribution is 2.52. The Labute approximate surface area is 343 Å². The van der Waals surface area contributed by atoms with Crippen molar-refractivity contribution in [3.63, 3.8) is 0 Å². The fourth-order valence-electron chi connectivity index (χ4n) is 9.96. The van der Waals surface area contributed by atoms with Crippen LogP contribution in [0.15, 0.2) is 205 Å². The highest BCUT2D eigenvalue weighted by molar-refractivity contribution is 6.21. The Morgan fingerprint density at radius 3 is 1.80 bits per heavy atom. The minimum Gasteiger partial charge on any atom is -0.453 e. The second-order valence-electron chi connectivity index (χ2n) is 16.4. The molecule has 0 saturated heterocycles. The fourth-order valence-corrected chi connectivity index (χ4v) is 9.96. The summed E-state index contributed by atoms with van der Waals surface area (Å²) in [6.45, 7) is 4.70. The lowest BCUT2D eigenvalue weighted by molar-refractivity contribution is 0.660. The van der Waals surface area contributed by atoms with Crippen molar-refractivity contribution < 1.29 is 4.42 Å². The zero-order valence-corrected chi connectivity index (χ0v) is 32.9. The van der Waals surface area contributed by atoms with Crippen molar-refractivity contribution in [2.24, 2.45) is 0 Å². The molecule has 0 unspecified atom stereocenters. The van der Waals surface area contributed by atoms with Crippen LogP contribution in [0, 0.1) is 0 Å². The largest absolute Gasteiger partial charge is 0.453 e. The van der Waals surface area contributed by atoms with Gasteiger partial charge >= 0.3 is 0 Å². The maximum absolute atomic E-state index is 7.39. The number of furan rings is 1. The van der Waals surface area contributed by atoms with E-state index in [2.05, 4.69) is 219 Å². The van der Waals surface area contributed by atoms with E-state index in [1.54, 1.807) is 0 Å². The third-order valence-electron chi connectivity index (χ3n) is 12.8. The van der Waals surface area contributed by atoms with Crippen molar-refractivity contribution in [3.8, 4) is 33.4 Å². The Hall–Kier alpha value is -7.42. The summed E-state index contributed by atoms with van der Waals surface area (Å²) < 4.78 is 7.39. The molecule has 59 heavy (non-hydrogen) atoms. The Bertz CT molecular complexity index is 3460. The van der Waals surface area contributed by atoms with E-state index in [0.717, 1.165) is 44.6 Å². The molecule has 0 spiro atoms. The molecule has 11 aromatic rings. The standard InChI is InChI=1S/C57H39NO/c1-57(2)50-25-13-12-22-45(50)46-32-29-40(34-51(46)57)54-43-20-9-7-17-38(43)33-49-48-24-14-26-52(55(48)59-56(49)54)58(41-30-27-37(28-31-41)36-15-4-3-5-16-36)53-35-39-18-6-8-19-42(39)44-21-10-11-23-47(44)53/h3-35H,1-2H3. The van der Waals surface area contributed by atoms with Gasteiger partial charge < -0.3 is 9.32 Å². The van der Waals surface area contributed by atoms with Gasteiger partial charge in [-0.15, -0.1) is 0 Å². The van der Waals surface area contributed by atoms with Crippen LogP contribution in [0.25, 0.3) is 87.6 Å². The van der Waals surface area contributed by atoms with E-state index >= 15 is 0 Å². The van der Waals surface area contributed by atoms with Crippen molar-refractivity contribution in [1.29, 1.82) is 0 Å². The average Bonchev–Trinajstić information content (AvgIpc) is 3.77. The lowest BCUT2D eigenvalue weighted by Crippen LogP contribution is -2.14. The molecular weight excluding hydrogens is 715 g/mol. The quantitative estimate of drug-likeness (QED) is 0.163. The molecule has 0 amide bonds. The van der Waals surface area contributed by atoms with Gasteiger partial charge in [-0.3, -0.25) is 0 Å². The minimum absolute atomic E-state index is 0.119. The van der Waals surface area contributed by atoms with Crippen LogP contribution in [-0.4, -0.2) is 0 Å². The predicted octanol–water partition coefficient (Wildman–Crippen LogP) is 16.2. The van der Waals surface area contributed by atoms with Crippen molar-refractivity contribution in [1.82, 2.24) is 0 Å². The van der Waals surface area contributed by atoms with E-state index < -0.39 is 0 Å². The van der Waals surface area contributed by atoms with E-state index in [1.807, 2.05) is 0 Å². The first kappa shape index (κ1) is 33.7. The van der Waals surface area contributed by atoms with Gasteiger partial charge in [-0.25, -0.2) is 0 Å². The van der Waals surface area contributed by atoms with Crippen LogP contribution >= 0.6 is 0 Å². The molecule has 0 bridgehead atoms. The van der Waals surface area contributed by atoms with Crippen LogP contribution in [0.5, 0.6) is 0 Å². The Morgan fingerprint density at radius 1 is 0.373 bits per heavy atom. The molecule has 0 saturated carbocycles. The number of rotatable bonds is 5. The van der Waals surface area contributed by atoms with Gasteiger partial charge in [0.15, 0.2) is 5.58 Å². The van der Waals surface area contributed by atoms with Gasteiger partial charge in [-0.2, -0.15) is 0 Å². The second-order valence-corrected chi connectivity index (χ2v) is 16.4. The Kier molecular flexibility index (Phi) is 7.31. The molecule has 2 nitrogen and oxygen atoms in total. The maximum Gasteiger partial charge on any atom is 0.159 e. The van der Waals surface area contributed by atoms with E-state index in [1.165, 1.54) is 71.3 Å². The number of para-hydroxylation sites is 1. The second kappa shape index (κ2) is 12.8. The first-order valence-electron chi connectivity index (χ1n) is 20.5. The molecular formula is C57H39NO. The summed E-state index contributed by atoms with van der Waals surface area (Å²) in [4.78, 5) is 2.41. The van der Waals surface area contributed by atoms with E-state index in [4.69, 9.17) is 4.42 Å². The number of hydrogen-bond donors (Lipinski definition) is 0. The van der Waals surface area contributed by atoms with Crippen LogP contribution in [0.2, 0.25) is 0 Å². The molecule has 1 heterocycles. The van der Waals surface area contributed by atoms with Gasteiger partial charge in [0.2, 0.25) is 0 Å². The first-order chi connectivity index (χ1) is 29.0. The van der Waals surface area contributed by atoms with Crippen molar-refractivity contribution in [2.75, 3.05) is 4.90 Å². The molecule has 10 aromatic carbocycles. The van der Waals surface area contributed by atoms with E-state index in [9.17, 15) is 0 Å².